The molecule has 0 aliphatic rings. The number of aldehydes is 2. The van der Waals surface area contributed by atoms with Gasteiger partial charge < -0.3 is 53.4 Å². The van der Waals surface area contributed by atoms with Crippen LogP contribution < -0.4 is 49.3 Å². The van der Waals surface area contributed by atoms with Crippen LogP contribution in [0, 0.1) is 0 Å². The zero-order chi connectivity index (χ0) is 42.5. The molecule has 3 aromatic rings. The highest BCUT2D eigenvalue weighted by atomic mass is 32.2. The van der Waals surface area contributed by atoms with Crippen LogP contribution in [0.3, 0.4) is 0 Å². The van der Waals surface area contributed by atoms with Crippen molar-refractivity contribution >= 4 is 88.5 Å². The Hall–Kier alpha value is -5.77. The van der Waals surface area contributed by atoms with Crippen molar-refractivity contribution in [2.24, 2.45) is 16.5 Å². The minimum atomic E-state index is -1.08. The number of nitrogens with zero attached hydrogens (tertiary/aromatic N) is 4. The van der Waals surface area contributed by atoms with Gasteiger partial charge in [-0.25, -0.2) is 9.97 Å². The number of aliphatic imine (C=N–C) groups is 1. The highest BCUT2D eigenvalue weighted by Gasteiger charge is 2.27. The highest BCUT2D eigenvalue weighted by Crippen LogP contribution is 2.13. The van der Waals surface area contributed by atoms with E-state index in [0.717, 1.165) is 17.3 Å². The molecule has 1 aromatic carbocycles. The van der Waals surface area contributed by atoms with Crippen molar-refractivity contribution in [2.75, 3.05) is 40.6 Å². The van der Waals surface area contributed by atoms with Crippen LogP contribution in [0.4, 0.5) is 11.6 Å². The molecule has 20 nitrogen and oxygen atoms in total. The van der Waals surface area contributed by atoms with E-state index in [9.17, 15) is 33.6 Å². The van der Waals surface area contributed by atoms with Gasteiger partial charge >= 0.3 is 0 Å². The molecule has 4 unspecified atom stereocenters. The van der Waals surface area contributed by atoms with Crippen LogP contribution in [-0.4, -0.2) is 116 Å². The fourth-order valence-corrected chi connectivity index (χ4v) is 7.05. The summed E-state index contributed by atoms with van der Waals surface area (Å²) in [5, 5.41) is 13.7. The van der Waals surface area contributed by atoms with Crippen LogP contribution in [-0.2, 0) is 30.5 Å². The Bertz CT molecular complexity index is 1940. The maximum Gasteiger partial charge on any atom is 0.280 e. The molecule has 0 saturated heterocycles. The summed E-state index contributed by atoms with van der Waals surface area (Å²) in [5.41, 5.74) is 17.4. The second-order valence-electron chi connectivity index (χ2n) is 12.7. The quantitative estimate of drug-likeness (QED) is 0.0215. The van der Waals surface area contributed by atoms with E-state index in [-0.39, 0.29) is 67.4 Å². The second kappa shape index (κ2) is 24.8. The van der Waals surface area contributed by atoms with Gasteiger partial charge in [0.25, 0.3) is 11.5 Å². The van der Waals surface area contributed by atoms with Crippen LogP contribution in [0.2, 0.25) is 0 Å². The molecule has 2 heterocycles. The molecular weight excluding hydrogens is 791 g/mol. The lowest BCUT2D eigenvalue weighted by Gasteiger charge is -2.24. The Labute approximate surface area is 343 Å². The standard InChI is InChI=1S/C36H51N13O7S2/c1-3-26(32(54)45-25(19-51)20-58-15-14-57-4-2)47-33(55)27(6-5-13-40-35(37)38)46-28(52)12-11-23(18-50)44-31(53)21-7-9-22(10-8-21)41-16-24-17-42-30-29(43-24)34(56)49-36(39)48-30/h7-10,17-19,23,25-27,41H,3-6,11-16,20H2,1-2H3,(H,44,53)(H,45,54)(H,46,52)(H,47,55)(H4,37,38,40)(H3,39,42,48,49,56). The monoisotopic (exact) mass is 841 g/mol. The lowest BCUT2D eigenvalue weighted by molar-refractivity contribution is -0.132. The fraction of sp³-hybridized carbons (Fsp3) is 0.472. The molecule has 12 N–H and O–H groups in total. The number of thioether (sulfide) groups is 2. The number of amides is 4. The first-order chi connectivity index (χ1) is 27.9. The number of hydrogen-bond acceptors (Lipinski definition) is 15. The van der Waals surface area contributed by atoms with Crippen molar-refractivity contribution in [2.45, 2.75) is 76.7 Å². The van der Waals surface area contributed by atoms with E-state index in [2.05, 4.69) is 58.4 Å². The minimum Gasteiger partial charge on any atom is -0.379 e. The molecule has 0 saturated carbocycles. The van der Waals surface area contributed by atoms with Crippen molar-refractivity contribution in [1.82, 2.24) is 41.2 Å². The molecule has 3 rings (SSSR count). The largest absolute Gasteiger partial charge is 0.379 e. The number of fused-ring (bicyclic) bond motifs is 1. The zero-order valence-electron chi connectivity index (χ0n) is 32.3. The van der Waals surface area contributed by atoms with Crippen LogP contribution >= 0.6 is 23.5 Å². The van der Waals surface area contributed by atoms with E-state index < -0.39 is 53.4 Å². The zero-order valence-corrected chi connectivity index (χ0v) is 34.0. The van der Waals surface area contributed by atoms with Crippen LogP contribution in [0.5, 0.6) is 0 Å². The predicted molar refractivity (Wildman–Crippen MR) is 225 cm³/mol. The van der Waals surface area contributed by atoms with Crippen molar-refractivity contribution < 1.29 is 28.8 Å². The highest BCUT2D eigenvalue weighted by molar-refractivity contribution is 8.02. The Kier molecular flexibility index (Phi) is 19.9. The summed E-state index contributed by atoms with van der Waals surface area (Å²) in [5.74, 6) is 0.655. The molecule has 0 bridgehead atoms. The molecule has 314 valence electrons. The SMILES string of the molecule is CCSCCSCC(C=O)NC(=O)C(CC)NC(=O)C(CCCN=C(N)N)NC(=O)CCC(C=O)NC(=O)c1ccc(NCc2cnc3nc(N)[nH]c(=O)c3n2)cc1. The van der Waals surface area contributed by atoms with Crippen molar-refractivity contribution in [1.29, 1.82) is 0 Å². The topological polar surface area (TPSA) is 325 Å². The van der Waals surface area contributed by atoms with E-state index in [4.69, 9.17) is 17.2 Å². The number of carbonyl (C=O) groups excluding carboxylic acids is 6. The Morgan fingerprint density at radius 1 is 0.897 bits per heavy atom. The molecule has 0 aliphatic carbocycles. The van der Waals surface area contributed by atoms with E-state index in [0.29, 0.717) is 36.1 Å². The van der Waals surface area contributed by atoms with Gasteiger partial charge in [-0.15, -0.1) is 0 Å². The van der Waals surface area contributed by atoms with E-state index in [1.807, 2.05) is 0 Å². The lowest BCUT2D eigenvalue weighted by Crippen LogP contribution is -2.55. The molecule has 22 heteroatoms. The average Bonchev–Trinajstić information content (AvgIpc) is 3.21. The van der Waals surface area contributed by atoms with Gasteiger partial charge in [0.15, 0.2) is 17.1 Å². The van der Waals surface area contributed by atoms with E-state index in [1.165, 1.54) is 18.3 Å². The summed E-state index contributed by atoms with van der Waals surface area (Å²) < 4.78 is 0. The van der Waals surface area contributed by atoms with E-state index in [1.54, 1.807) is 42.6 Å². The molecule has 4 atom stereocenters. The number of carbonyl (C=O) groups is 6. The summed E-state index contributed by atoms with van der Waals surface area (Å²) in [6, 6.07) is 2.55. The van der Waals surface area contributed by atoms with Crippen LogP contribution in [0.1, 0.15) is 62.0 Å². The molecule has 0 radical (unpaired) electrons. The van der Waals surface area contributed by atoms with Crippen molar-refractivity contribution in [3.05, 3.63) is 52.1 Å². The first kappa shape index (κ1) is 46.6. The summed E-state index contributed by atoms with van der Waals surface area (Å²) in [4.78, 5) is 107. The average molecular weight is 842 g/mol. The molecule has 0 aliphatic heterocycles. The summed E-state index contributed by atoms with van der Waals surface area (Å²) in [6.45, 7) is 4.15. The number of benzene rings is 1. The summed E-state index contributed by atoms with van der Waals surface area (Å²) in [6.07, 6.45) is 3.00. The van der Waals surface area contributed by atoms with Crippen molar-refractivity contribution in [3.8, 4) is 0 Å². The Morgan fingerprint density at radius 2 is 1.60 bits per heavy atom. The van der Waals surface area contributed by atoms with Crippen LogP contribution in [0.25, 0.3) is 11.2 Å². The number of rotatable bonds is 26. The first-order valence-electron chi connectivity index (χ1n) is 18.5. The number of guanidine groups is 1. The molecule has 4 amide bonds. The third-order valence-corrected chi connectivity index (χ3v) is 10.5. The number of aromatic nitrogens is 4. The maximum absolute atomic E-state index is 13.4. The number of hydrogen-bond donors (Lipinski definition) is 9. The molecule has 58 heavy (non-hydrogen) atoms. The van der Waals surface area contributed by atoms with E-state index >= 15 is 0 Å². The second-order valence-corrected chi connectivity index (χ2v) is 15.3. The smallest absolute Gasteiger partial charge is 0.280 e. The fourth-order valence-electron chi connectivity index (χ4n) is 5.24. The van der Waals surface area contributed by atoms with Gasteiger partial charge in [-0.2, -0.15) is 28.5 Å². The first-order valence-corrected chi connectivity index (χ1v) is 20.9. The number of nitrogens with two attached hydrogens (primary N) is 3. The number of anilines is 2. The third-order valence-electron chi connectivity index (χ3n) is 8.27. The maximum atomic E-state index is 13.4. The van der Waals surface area contributed by atoms with Gasteiger partial charge in [-0.05, 0) is 55.7 Å². The number of nitrogens with one attached hydrogen (secondary N) is 6. The molecule has 0 spiro atoms. The predicted octanol–water partition coefficient (Wildman–Crippen LogP) is -0.412. The lowest BCUT2D eigenvalue weighted by atomic mass is 10.1. The molecule has 2 aromatic heterocycles. The number of nitrogen functional groups attached to an aromatic ring is 1. The van der Waals surface area contributed by atoms with Gasteiger partial charge in [0.1, 0.15) is 24.7 Å². The Balaban J connectivity index is 1.53. The summed E-state index contributed by atoms with van der Waals surface area (Å²) in [7, 11) is 0. The Morgan fingerprint density at radius 3 is 2.28 bits per heavy atom. The van der Waals surface area contributed by atoms with Crippen molar-refractivity contribution in [3.63, 3.8) is 0 Å². The minimum absolute atomic E-state index is 0.0437. The van der Waals surface area contributed by atoms with Crippen LogP contribution in [0.15, 0.2) is 40.2 Å². The normalized spacial score (nSPS) is 12.9. The summed E-state index contributed by atoms with van der Waals surface area (Å²) >= 11 is 3.33. The van der Waals surface area contributed by atoms with Gasteiger partial charge in [-0.1, -0.05) is 13.8 Å². The number of H-pyrrole nitrogens is 1. The van der Waals surface area contributed by atoms with Gasteiger partial charge in [-0.3, -0.25) is 33.9 Å². The van der Waals surface area contributed by atoms with Gasteiger partial charge in [0.2, 0.25) is 23.7 Å². The van der Waals surface area contributed by atoms with Gasteiger partial charge in [0, 0.05) is 41.5 Å². The number of aromatic amines is 1. The third kappa shape index (κ3) is 16.0. The molecule has 0 fully saturated rings. The molecular formula is C36H51N13O7S2. The van der Waals surface area contributed by atoms with Gasteiger partial charge in [0.05, 0.1) is 30.5 Å².